The predicted octanol–water partition coefficient (Wildman–Crippen LogP) is 0.191. The largest absolute Gasteiger partial charge is 0.362 e. The summed E-state index contributed by atoms with van der Waals surface area (Å²) >= 11 is 0. The predicted molar refractivity (Wildman–Crippen MR) is 60.3 cm³/mol. The summed E-state index contributed by atoms with van der Waals surface area (Å²) in [7, 11) is 6.18. The van der Waals surface area contributed by atoms with Crippen LogP contribution in [0.4, 0.5) is 0 Å². The lowest BCUT2D eigenvalue weighted by atomic mass is 10.3. The minimum absolute atomic E-state index is 0.183. The van der Waals surface area contributed by atoms with E-state index in [1.807, 2.05) is 21.0 Å². The van der Waals surface area contributed by atoms with Crippen molar-refractivity contribution in [3.05, 3.63) is 0 Å². The fourth-order valence-electron chi connectivity index (χ4n) is 1.28. The molecule has 0 aliphatic carbocycles. The van der Waals surface area contributed by atoms with E-state index in [1.54, 1.807) is 0 Å². The second kappa shape index (κ2) is 8.17. The molecule has 0 aromatic rings. The molecule has 0 aliphatic rings. The monoisotopic (exact) mass is 203 g/mol. The zero-order chi connectivity index (χ0) is 11.0. The van der Waals surface area contributed by atoms with Crippen molar-refractivity contribution in [2.45, 2.75) is 19.6 Å². The summed E-state index contributed by atoms with van der Waals surface area (Å²) in [6.45, 7) is 5.50. The number of nitrogens with zero attached hydrogens (tertiary/aromatic N) is 2. The molecule has 0 spiro atoms. The molecule has 1 unspecified atom stereocenters. The molecule has 0 saturated heterocycles. The number of ether oxygens (including phenoxy) is 1. The van der Waals surface area contributed by atoms with Crippen molar-refractivity contribution in [2.24, 2.45) is 5.73 Å². The van der Waals surface area contributed by atoms with Crippen molar-refractivity contribution >= 4 is 0 Å². The first-order valence-corrected chi connectivity index (χ1v) is 5.28. The zero-order valence-electron chi connectivity index (χ0n) is 9.99. The quantitative estimate of drug-likeness (QED) is 0.572. The Bertz CT molecular complexity index is 131. The van der Waals surface area contributed by atoms with Crippen molar-refractivity contribution in [2.75, 3.05) is 47.4 Å². The van der Waals surface area contributed by atoms with Crippen LogP contribution in [0.25, 0.3) is 0 Å². The smallest absolute Gasteiger partial charge is 0.122 e. The highest BCUT2D eigenvalue weighted by molar-refractivity contribution is 4.61. The third-order valence-electron chi connectivity index (χ3n) is 2.15. The average molecular weight is 203 g/mol. The summed E-state index contributed by atoms with van der Waals surface area (Å²) in [5.74, 6) is 0. The van der Waals surface area contributed by atoms with E-state index < -0.39 is 0 Å². The fraction of sp³-hybridized carbons (Fsp3) is 1.00. The maximum atomic E-state index is 5.61. The molecule has 0 radical (unpaired) electrons. The Morgan fingerprint density at radius 1 is 1.29 bits per heavy atom. The highest BCUT2D eigenvalue weighted by atomic mass is 16.5. The van der Waals surface area contributed by atoms with E-state index in [-0.39, 0.29) is 6.23 Å². The summed E-state index contributed by atoms with van der Waals surface area (Å²) in [4.78, 5) is 4.36. The van der Waals surface area contributed by atoms with E-state index in [0.717, 1.165) is 32.7 Å². The normalized spacial score (nSPS) is 13.9. The van der Waals surface area contributed by atoms with Gasteiger partial charge < -0.3 is 15.4 Å². The van der Waals surface area contributed by atoms with Crippen LogP contribution in [0.5, 0.6) is 0 Å². The van der Waals surface area contributed by atoms with Gasteiger partial charge in [-0.05, 0) is 47.6 Å². The van der Waals surface area contributed by atoms with E-state index in [9.17, 15) is 0 Å². The van der Waals surface area contributed by atoms with E-state index in [4.69, 9.17) is 10.5 Å². The van der Waals surface area contributed by atoms with E-state index >= 15 is 0 Å². The Kier molecular flexibility index (Phi) is 8.08. The first kappa shape index (κ1) is 13.8. The van der Waals surface area contributed by atoms with Gasteiger partial charge in [0.2, 0.25) is 0 Å². The van der Waals surface area contributed by atoms with Gasteiger partial charge >= 0.3 is 0 Å². The van der Waals surface area contributed by atoms with Gasteiger partial charge in [0, 0.05) is 13.2 Å². The summed E-state index contributed by atoms with van der Waals surface area (Å²) in [5.41, 5.74) is 5.46. The Hall–Kier alpha value is -0.160. The van der Waals surface area contributed by atoms with Crippen molar-refractivity contribution < 1.29 is 4.74 Å². The molecule has 1 atom stereocenters. The van der Waals surface area contributed by atoms with Gasteiger partial charge in [0.05, 0.1) is 0 Å². The minimum Gasteiger partial charge on any atom is -0.362 e. The number of likely N-dealkylation sites (N-methyl/N-ethyl adjacent to an activating group) is 2. The number of hydrogen-bond donors (Lipinski definition) is 1. The summed E-state index contributed by atoms with van der Waals surface area (Å²) < 4.78 is 5.61. The fourth-order valence-corrected chi connectivity index (χ4v) is 1.28. The first-order valence-electron chi connectivity index (χ1n) is 5.28. The van der Waals surface area contributed by atoms with Gasteiger partial charge in [-0.2, -0.15) is 0 Å². The molecule has 0 fully saturated rings. The molecular formula is C10H25N3O. The van der Waals surface area contributed by atoms with Crippen molar-refractivity contribution in [1.82, 2.24) is 9.80 Å². The molecule has 0 amide bonds. The van der Waals surface area contributed by atoms with E-state index in [2.05, 4.69) is 16.8 Å². The Labute approximate surface area is 88.0 Å². The summed E-state index contributed by atoms with van der Waals surface area (Å²) in [6.07, 6.45) is 1.23. The lowest BCUT2D eigenvalue weighted by Gasteiger charge is -2.28. The molecule has 0 aromatic carbocycles. The Morgan fingerprint density at radius 2 is 1.93 bits per heavy atom. The zero-order valence-corrected chi connectivity index (χ0v) is 9.99. The van der Waals surface area contributed by atoms with Crippen LogP contribution in [-0.4, -0.2) is 63.4 Å². The third-order valence-corrected chi connectivity index (χ3v) is 2.15. The molecule has 86 valence electrons. The van der Waals surface area contributed by atoms with E-state index in [0.29, 0.717) is 0 Å². The lowest BCUT2D eigenvalue weighted by Crippen LogP contribution is -2.41. The molecule has 0 aromatic heterocycles. The number of hydrogen-bond acceptors (Lipinski definition) is 4. The second-order valence-electron chi connectivity index (χ2n) is 3.78. The highest BCUT2D eigenvalue weighted by Crippen LogP contribution is 1.99. The highest BCUT2D eigenvalue weighted by Gasteiger charge is 2.12. The van der Waals surface area contributed by atoms with Crippen LogP contribution in [0.15, 0.2) is 0 Å². The molecule has 2 N–H and O–H groups in total. The van der Waals surface area contributed by atoms with Gasteiger partial charge in [0.25, 0.3) is 0 Å². The van der Waals surface area contributed by atoms with Gasteiger partial charge in [0.1, 0.15) is 6.23 Å². The molecule has 0 rings (SSSR count). The molecule has 0 aliphatic heterocycles. The first-order chi connectivity index (χ1) is 6.61. The maximum Gasteiger partial charge on any atom is 0.122 e. The third kappa shape index (κ3) is 6.32. The average Bonchev–Trinajstić information content (AvgIpc) is 2.14. The standard InChI is InChI=1S/C10H25N3O/c1-5-14-10(12(2)3)9-13(4)8-6-7-11/h10H,5-9,11H2,1-4H3. The maximum absolute atomic E-state index is 5.61. The lowest BCUT2D eigenvalue weighted by molar-refractivity contribution is -0.0459. The van der Waals surface area contributed by atoms with Crippen molar-refractivity contribution in [1.29, 1.82) is 0 Å². The van der Waals surface area contributed by atoms with Crippen LogP contribution >= 0.6 is 0 Å². The molecule has 4 nitrogen and oxygen atoms in total. The Balaban J connectivity index is 3.77. The Morgan fingerprint density at radius 3 is 2.36 bits per heavy atom. The van der Waals surface area contributed by atoms with E-state index in [1.165, 1.54) is 0 Å². The SMILES string of the molecule is CCOC(CN(C)CCCN)N(C)C. The van der Waals surface area contributed by atoms with Gasteiger partial charge in [-0.1, -0.05) is 0 Å². The van der Waals surface area contributed by atoms with Gasteiger partial charge in [0.15, 0.2) is 0 Å². The van der Waals surface area contributed by atoms with Crippen LogP contribution < -0.4 is 5.73 Å². The van der Waals surface area contributed by atoms with Crippen LogP contribution in [-0.2, 0) is 4.74 Å². The summed E-state index contributed by atoms with van der Waals surface area (Å²) in [6, 6.07) is 0. The molecular weight excluding hydrogens is 178 g/mol. The van der Waals surface area contributed by atoms with Crippen molar-refractivity contribution in [3.8, 4) is 0 Å². The van der Waals surface area contributed by atoms with Crippen LogP contribution in [0, 0.1) is 0 Å². The van der Waals surface area contributed by atoms with Crippen LogP contribution in [0.3, 0.4) is 0 Å². The second-order valence-corrected chi connectivity index (χ2v) is 3.78. The van der Waals surface area contributed by atoms with Crippen molar-refractivity contribution in [3.63, 3.8) is 0 Å². The molecule has 0 heterocycles. The van der Waals surface area contributed by atoms with Gasteiger partial charge in [-0.25, -0.2) is 0 Å². The van der Waals surface area contributed by atoms with Gasteiger partial charge in [-0.15, -0.1) is 0 Å². The molecule has 14 heavy (non-hydrogen) atoms. The molecule has 0 bridgehead atoms. The minimum atomic E-state index is 0.183. The molecule has 0 saturated carbocycles. The molecule has 4 heteroatoms. The number of nitrogens with two attached hydrogens (primary N) is 1. The van der Waals surface area contributed by atoms with Crippen LogP contribution in [0.2, 0.25) is 0 Å². The van der Waals surface area contributed by atoms with Gasteiger partial charge in [-0.3, -0.25) is 4.90 Å². The number of rotatable bonds is 8. The van der Waals surface area contributed by atoms with Crippen LogP contribution in [0.1, 0.15) is 13.3 Å². The summed E-state index contributed by atoms with van der Waals surface area (Å²) in [5, 5.41) is 0. The topological polar surface area (TPSA) is 41.7 Å².